The van der Waals surface area contributed by atoms with Crippen molar-refractivity contribution in [2.45, 2.75) is 71.5 Å². The molecule has 1 aliphatic rings. The maximum Gasteiger partial charge on any atom is 0.0760 e. The Morgan fingerprint density at radius 1 is 1.29 bits per heavy atom. The molecule has 0 radical (unpaired) electrons. The van der Waals surface area contributed by atoms with E-state index in [0.29, 0.717) is 12.1 Å². The van der Waals surface area contributed by atoms with Crippen LogP contribution in [0.1, 0.15) is 63.1 Å². The zero-order chi connectivity index (χ0) is 17.1. The molecule has 1 aromatic carbocycles. The summed E-state index contributed by atoms with van der Waals surface area (Å²) in [4.78, 5) is 2.57. The Morgan fingerprint density at radius 2 is 2.04 bits per heavy atom. The van der Waals surface area contributed by atoms with Crippen molar-refractivity contribution in [1.82, 2.24) is 9.78 Å². The summed E-state index contributed by atoms with van der Waals surface area (Å²) in [6.45, 7) is 7.38. The number of hydrogen-bond donors (Lipinski definition) is 0. The van der Waals surface area contributed by atoms with E-state index in [0.717, 1.165) is 17.1 Å². The Morgan fingerprint density at radius 3 is 2.67 bits per heavy atom. The van der Waals surface area contributed by atoms with Gasteiger partial charge in [-0.05, 0) is 50.8 Å². The van der Waals surface area contributed by atoms with Gasteiger partial charge >= 0.3 is 0 Å². The lowest BCUT2D eigenvalue weighted by atomic mass is 9.91. The van der Waals surface area contributed by atoms with Crippen molar-refractivity contribution in [2.24, 2.45) is 0 Å². The van der Waals surface area contributed by atoms with Crippen molar-refractivity contribution < 1.29 is 0 Å². The fourth-order valence-electron chi connectivity index (χ4n) is 3.80. The lowest BCUT2D eigenvalue weighted by Crippen LogP contribution is -2.38. The van der Waals surface area contributed by atoms with Gasteiger partial charge in [0.1, 0.15) is 0 Å². The molecule has 1 aromatic heterocycles. The van der Waals surface area contributed by atoms with Gasteiger partial charge in [-0.25, -0.2) is 0 Å². The van der Waals surface area contributed by atoms with Crippen LogP contribution < -0.4 is 4.90 Å². The van der Waals surface area contributed by atoms with E-state index in [1.165, 1.54) is 43.4 Å². The first kappa shape index (κ1) is 17.3. The molecule has 1 heterocycles. The Labute approximate surface area is 150 Å². The third-order valence-corrected chi connectivity index (χ3v) is 5.71. The molecule has 1 unspecified atom stereocenters. The number of benzene rings is 1. The zero-order valence-corrected chi connectivity index (χ0v) is 15.8. The molecule has 0 bridgehead atoms. The molecule has 0 saturated heterocycles. The van der Waals surface area contributed by atoms with Gasteiger partial charge in [0, 0.05) is 23.8 Å². The minimum absolute atomic E-state index is 0.292. The lowest BCUT2D eigenvalue weighted by Gasteiger charge is -2.40. The van der Waals surface area contributed by atoms with Gasteiger partial charge in [-0.1, -0.05) is 43.0 Å². The fraction of sp³-hybridized carbons (Fsp3) is 0.550. The molecule has 1 aliphatic carbocycles. The van der Waals surface area contributed by atoms with E-state index in [4.69, 9.17) is 11.6 Å². The van der Waals surface area contributed by atoms with E-state index in [1.807, 2.05) is 10.9 Å². The van der Waals surface area contributed by atoms with Crippen LogP contribution in [0.15, 0.2) is 30.6 Å². The number of anilines is 1. The number of aromatic nitrogens is 2. The molecule has 0 spiro atoms. The molecule has 130 valence electrons. The van der Waals surface area contributed by atoms with Crippen LogP contribution in [0, 0.1) is 6.92 Å². The minimum Gasteiger partial charge on any atom is -0.359 e. The van der Waals surface area contributed by atoms with Gasteiger partial charge in [-0.3, -0.25) is 4.68 Å². The average Bonchev–Trinajstić information content (AvgIpc) is 3.07. The molecular formula is C20H28ClN3. The summed E-state index contributed by atoms with van der Waals surface area (Å²) in [5.41, 5.74) is 3.64. The van der Waals surface area contributed by atoms with Gasteiger partial charge in [0.05, 0.1) is 17.9 Å². The number of halogens is 1. The van der Waals surface area contributed by atoms with Crippen LogP contribution >= 0.6 is 11.6 Å². The minimum atomic E-state index is 0.292. The molecule has 3 nitrogen and oxygen atoms in total. The Hall–Kier alpha value is -1.48. The van der Waals surface area contributed by atoms with E-state index in [2.05, 4.69) is 55.2 Å². The summed E-state index contributed by atoms with van der Waals surface area (Å²) < 4.78 is 2.01. The zero-order valence-electron chi connectivity index (χ0n) is 15.0. The van der Waals surface area contributed by atoms with Crippen molar-refractivity contribution >= 4 is 17.3 Å². The number of nitrogens with zero attached hydrogens (tertiary/aromatic N) is 3. The monoisotopic (exact) mass is 345 g/mol. The van der Waals surface area contributed by atoms with E-state index in [-0.39, 0.29) is 0 Å². The van der Waals surface area contributed by atoms with Crippen molar-refractivity contribution in [3.05, 3.63) is 46.7 Å². The van der Waals surface area contributed by atoms with Crippen LogP contribution in [-0.4, -0.2) is 15.8 Å². The van der Waals surface area contributed by atoms with Gasteiger partial charge in [0.15, 0.2) is 0 Å². The normalized spacial score (nSPS) is 17.0. The van der Waals surface area contributed by atoms with E-state index in [9.17, 15) is 0 Å². The third kappa shape index (κ3) is 3.61. The maximum atomic E-state index is 6.39. The average molecular weight is 346 g/mol. The fourth-order valence-corrected chi connectivity index (χ4v) is 3.99. The van der Waals surface area contributed by atoms with E-state index < -0.39 is 0 Å². The first-order valence-corrected chi connectivity index (χ1v) is 9.54. The van der Waals surface area contributed by atoms with Crippen LogP contribution in [0.2, 0.25) is 5.02 Å². The van der Waals surface area contributed by atoms with Crippen LogP contribution in [-0.2, 0) is 6.54 Å². The van der Waals surface area contributed by atoms with Crippen LogP contribution in [0.5, 0.6) is 0 Å². The molecule has 24 heavy (non-hydrogen) atoms. The van der Waals surface area contributed by atoms with Gasteiger partial charge in [-0.2, -0.15) is 5.10 Å². The number of rotatable bonds is 5. The van der Waals surface area contributed by atoms with Crippen LogP contribution in [0.4, 0.5) is 5.69 Å². The van der Waals surface area contributed by atoms with Crippen molar-refractivity contribution in [3.63, 3.8) is 0 Å². The molecular weight excluding hydrogens is 318 g/mol. The predicted molar refractivity (Wildman–Crippen MR) is 102 cm³/mol. The first-order chi connectivity index (χ1) is 11.6. The number of aryl methyl sites for hydroxylation is 2. The highest BCUT2D eigenvalue weighted by atomic mass is 35.5. The summed E-state index contributed by atoms with van der Waals surface area (Å²) in [6.07, 6.45) is 10.7. The van der Waals surface area contributed by atoms with Gasteiger partial charge < -0.3 is 4.90 Å². The highest BCUT2D eigenvalue weighted by molar-refractivity contribution is 6.31. The van der Waals surface area contributed by atoms with Crippen molar-refractivity contribution in [1.29, 1.82) is 0 Å². The summed E-state index contributed by atoms with van der Waals surface area (Å²) in [5, 5.41) is 5.36. The summed E-state index contributed by atoms with van der Waals surface area (Å²) in [6, 6.07) is 7.35. The molecule has 1 atom stereocenters. The van der Waals surface area contributed by atoms with Crippen LogP contribution in [0.25, 0.3) is 0 Å². The van der Waals surface area contributed by atoms with E-state index in [1.54, 1.807) is 0 Å². The molecule has 2 aromatic rings. The first-order valence-electron chi connectivity index (χ1n) is 9.17. The highest BCUT2D eigenvalue weighted by Gasteiger charge is 2.27. The molecule has 4 heteroatoms. The molecule has 0 amide bonds. The maximum absolute atomic E-state index is 6.39. The Kier molecular flexibility index (Phi) is 5.50. The molecule has 0 N–H and O–H groups in total. The predicted octanol–water partition coefficient (Wildman–Crippen LogP) is 5.77. The number of hydrogen-bond acceptors (Lipinski definition) is 2. The second kappa shape index (κ2) is 7.60. The lowest BCUT2D eigenvalue weighted by molar-refractivity contribution is 0.395. The Bertz CT molecular complexity index is 673. The second-order valence-electron chi connectivity index (χ2n) is 6.94. The SMILES string of the molecule is CCn1cc(N(C2CCCCC2)C(C)c2ccc(C)c(Cl)c2)cn1. The molecule has 1 saturated carbocycles. The van der Waals surface area contributed by atoms with Gasteiger partial charge in [0.25, 0.3) is 0 Å². The standard InChI is InChI=1S/C20H28ClN3/c1-4-23-14-19(13-22-23)24(18-8-6-5-7-9-18)16(3)17-11-10-15(2)20(21)12-17/h10-14,16,18H,4-9H2,1-3H3. The topological polar surface area (TPSA) is 21.1 Å². The smallest absolute Gasteiger partial charge is 0.0760 e. The second-order valence-corrected chi connectivity index (χ2v) is 7.35. The van der Waals surface area contributed by atoms with E-state index >= 15 is 0 Å². The summed E-state index contributed by atoms with van der Waals surface area (Å²) in [5.74, 6) is 0. The molecule has 0 aliphatic heterocycles. The van der Waals surface area contributed by atoms with Crippen molar-refractivity contribution in [2.75, 3.05) is 4.90 Å². The largest absolute Gasteiger partial charge is 0.359 e. The van der Waals surface area contributed by atoms with Gasteiger partial charge in [-0.15, -0.1) is 0 Å². The van der Waals surface area contributed by atoms with Gasteiger partial charge in [0.2, 0.25) is 0 Å². The highest BCUT2D eigenvalue weighted by Crippen LogP contribution is 2.35. The summed E-state index contributed by atoms with van der Waals surface area (Å²) in [7, 11) is 0. The molecule has 1 fully saturated rings. The molecule has 3 rings (SSSR count). The Balaban J connectivity index is 1.94. The third-order valence-electron chi connectivity index (χ3n) is 5.31. The van der Waals surface area contributed by atoms with Crippen LogP contribution in [0.3, 0.4) is 0 Å². The van der Waals surface area contributed by atoms with Crippen molar-refractivity contribution in [3.8, 4) is 0 Å². The summed E-state index contributed by atoms with van der Waals surface area (Å²) >= 11 is 6.39. The quantitative estimate of drug-likeness (QED) is 0.686.